The number of carbonyl (C=O) groups is 1. The van der Waals surface area contributed by atoms with E-state index in [-0.39, 0.29) is 17.2 Å². The van der Waals surface area contributed by atoms with E-state index in [1.54, 1.807) is 24.3 Å². The SMILES string of the molecule is COc1ccc(N(CC(=O)NCc2cccc3ccccc23)S(=O)(=O)c2ccc(OC)c(OC)c2)cc1. The van der Waals surface area contributed by atoms with Crippen LogP contribution in [0.1, 0.15) is 5.56 Å². The third-order valence-electron chi connectivity index (χ3n) is 5.95. The van der Waals surface area contributed by atoms with Crippen molar-refractivity contribution in [3.63, 3.8) is 0 Å². The number of nitrogens with one attached hydrogen (secondary N) is 1. The van der Waals surface area contributed by atoms with Gasteiger partial charge in [0, 0.05) is 12.6 Å². The van der Waals surface area contributed by atoms with Gasteiger partial charge in [-0.2, -0.15) is 0 Å². The average molecular weight is 521 g/mol. The molecule has 0 aliphatic carbocycles. The van der Waals surface area contributed by atoms with Gasteiger partial charge in [-0.15, -0.1) is 0 Å². The maximum absolute atomic E-state index is 13.8. The Labute approximate surface area is 216 Å². The van der Waals surface area contributed by atoms with Crippen LogP contribution in [0.4, 0.5) is 5.69 Å². The number of amides is 1. The summed E-state index contributed by atoms with van der Waals surface area (Å²) in [7, 11) is 0.269. The standard InChI is InChI=1S/C28H28N2O6S/c1-34-23-13-11-22(12-14-23)30(37(32,33)24-15-16-26(35-2)27(17-24)36-3)19-28(31)29-18-21-9-6-8-20-7-4-5-10-25(20)21/h4-17H,18-19H2,1-3H3,(H,29,31). The van der Waals surface area contributed by atoms with Crippen LogP contribution < -0.4 is 23.8 Å². The van der Waals surface area contributed by atoms with Crippen LogP contribution >= 0.6 is 0 Å². The molecule has 0 unspecified atom stereocenters. The van der Waals surface area contributed by atoms with Crippen LogP contribution in [0.3, 0.4) is 0 Å². The van der Waals surface area contributed by atoms with Crippen molar-refractivity contribution < 1.29 is 27.4 Å². The van der Waals surface area contributed by atoms with Gasteiger partial charge < -0.3 is 19.5 Å². The highest BCUT2D eigenvalue weighted by atomic mass is 32.2. The molecule has 37 heavy (non-hydrogen) atoms. The van der Waals surface area contributed by atoms with Crippen LogP contribution in [0.25, 0.3) is 10.8 Å². The first-order chi connectivity index (χ1) is 17.9. The molecule has 0 bridgehead atoms. The number of hydrogen-bond acceptors (Lipinski definition) is 6. The zero-order chi connectivity index (χ0) is 26.4. The van der Waals surface area contributed by atoms with Crippen molar-refractivity contribution in [1.82, 2.24) is 5.32 Å². The summed E-state index contributed by atoms with van der Waals surface area (Å²) >= 11 is 0. The number of anilines is 1. The molecule has 0 radical (unpaired) electrons. The smallest absolute Gasteiger partial charge is 0.264 e. The Morgan fingerprint density at radius 3 is 2.22 bits per heavy atom. The van der Waals surface area contributed by atoms with Gasteiger partial charge in [0.05, 0.1) is 31.9 Å². The normalized spacial score (nSPS) is 11.1. The van der Waals surface area contributed by atoms with Gasteiger partial charge in [-0.05, 0) is 52.7 Å². The van der Waals surface area contributed by atoms with Crippen molar-refractivity contribution in [2.45, 2.75) is 11.4 Å². The van der Waals surface area contributed by atoms with E-state index >= 15 is 0 Å². The molecule has 0 fully saturated rings. The number of hydrogen-bond donors (Lipinski definition) is 1. The predicted octanol–water partition coefficient (Wildman–Crippen LogP) is 4.38. The number of fused-ring (bicyclic) bond motifs is 1. The van der Waals surface area contributed by atoms with Gasteiger partial charge in [-0.1, -0.05) is 42.5 Å². The molecule has 0 heterocycles. The molecule has 0 saturated heterocycles. The lowest BCUT2D eigenvalue weighted by Gasteiger charge is -2.25. The molecule has 8 nitrogen and oxygen atoms in total. The fraction of sp³-hybridized carbons (Fsp3) is 0.179. The largest absolute Gasteiger partial charge is 0.497 e. The molecule has 0 spiro atoms. The molecular weight excluding hydrogens is 492 g/mol. The zero-order valence-corrected chi connectivity index (χ0v) is 21.6. The summed E-state index contributed by atoms with van der Waals surface area (Å²) < 4.78 is 44.3. The number of sulfonamides is 1. The van der Waals surface area contributed by atoms with Crippen molar-refractivity contribution in [3.8, 4) is 17.2 Å². The molecule has 0 aliphatic rings. The van der Waals surface area contributed by atoms with Gasteiger partial charge in [0.1, 0.15) is 12.3 Å². The maximum atomic E-state index is 13.8. The lowest BCUT2D eigenvalue weighted by Crippen LogP contribution is -2.40. The summed E-state index contributed by atoms with van der Waals surface area (Å²) in [6, 6.07) is 24.5. The molecule has 0 aliphatic heterocycles. The molecule has 1 amide bonds. The first-order valence-electron chi connectivity index (χ1n) is 11.5. The number of rotatable bonds is 10. The Morgan fingerprint density at radius 1 is 0.811 bits per heavy atom. The number of carbonyl (C=O) groups excluding carboxylic acids is 1. The number of ether oxygens (including phenoxy) is 3. The summed E-state index contributed by atoms with van der Waals surface area (Å²) in [5.41, 5.74) is 1.25. The molecule has 0 saturated carbocycles. The van der Waals surface area contributed by atoms with Gasteiger partial charge >= 0.3 is 0 Å². The second kappa shape index (κ2) is 11.2. The van der Waals surface area contributed by atoms with Crippen LogP contribution in [-0.4, -0.2) is 42.2 Å². The Kier molecular flexibility index (Phi) is 7.83. The van der Waals surface area contributed by atoms with Crippen molar-refractivity contribution in [3.05, 3.63) is 90.5 Å². The second-order valence-corrected chi connectivity index (χ2v) is 10.0. The first-order valence-corrected chi connectivity index (χ1v) is 12.9. The lowest BCUT2D eigenvalue weighted by atomic mass is 10.0. The number of nitrogens with zero attached hydrogens (tertiary/aromatic N) is 1. The molecule has 9 heteroatoms. The third kappa shape index (κ3) is 5.62. The summed E-state index contributed by atoms with van der Waals surface area (Å²) in [5.74, 6) is 0.768. The Balaban J connectivity index is 1.63. The van der Waals surface area contributed by atoms with Crippen LogP contribution in [0.5, 0.6) is 17.2 Å². The molecule has 4 aromatic carbocycles. The van der Waals surface area contributed by atoms with Crippen LogP contribution in [-0.2, 0) is 21.4 Å². The van der Waals surface area contributed by atoms with E-state index in [0.717, 1.165) is 20.6 Å². The van der Waals surface area contributed by atoms with Crippen LogP contribution in [0.15, 0.2) is 89.8 Å². The Morgan fingerprint density at radius 2 is 1.51 bits per heavy atom. The minimum atomic E-state index is -4.15. The van der Waals surface area contributed by atoms with Gasteiger partial charge in [0.25, 0.3) is 10.0 Å². The van der Waals surface area contributed by atoms with Crippen molar-refractivity contribution in [2.24, 2.45) is 0 Å². The topological polar surface area (TPSA) is 94.2 Å². The highest BCUT2D eigenvalue weighted by Gasteiger charge is 2.28. The van der Waals surface area contributed by atoms with Crippen molar-refractivity contribution in [2.75, 3.05) is 32.2 Å². The number of methoxy groups -OCH3 is 3. The quantitative estimate of drug-likeness (QED) is 0.334. The van der Waals surface area contributed by atoms with E-state index in [9.17, 15) is 13.2 Å². The highest BCUT2D eigenvalue weighted by molar-refractivity contribution is 7.92. The van der Waals surface area contributed by atoms with Crippen LogP contribution in [0.2, 0.25) is 0 Å². The van der Waals surface area contributed by atoms with E-state index in [2.05, 4.69) is 5.32 Å². The van der Waals surface area contributed by atoms with Gasteiger partial charge in [0.2, 0.25) is 5.91 Å². The second-order valence-electron chi connectivity index (χ2n) is 8.14. The molecule has 192 valence electrons. The summed E-state index contributed by atoms with van der Waals surface area (Å²) in [4.78, 5) is 13.0. The summed E-state index contributed by atoms with van der Waals surface area (Å²) in [5, 5.41) is 4.95. The van der Waals surface area contributed by atoms with E-state index in [4.69, 9.17) is 14.2 Å². The summed E-state index contributed by atoms with van der Waals surface area (Å²) in [6.07, 6.45) is 0. The van der Waals surface area contributed by atoms with Gasteiger partial charge in [-0.3, -0.25) is 9.10 Å². The summed E-state index contributed by atoms with van der Waals surface area (Å²) in [6.45, 7) is -0.166. The lowest BCUT2D eigenvalue weighted by molar-refractivity contribution is -0.119. The van der Waals surface area contributed by atoms with Gasteiger partial charge in [-0.25, -0.2) is 8.42 Å². The van der Waals surface area contributed by atoms with Crippen LogP contribution in [0, 0.1) is 0 Å². The predicted molar refractivity (Wildman–Crippen MR) is 143 cm³/mol. The molecule has 0 atom stereocenters. The molecular formula is C28H28N2O6S. The third-order valence-corrected chi connectivity index (χ3v) is 7.72. The first kappa shape index (κ1) is 25.8. The van der Waals surface area contributed by atoms with E-state index in [0.29, 0.717) is 17.2 Å². The molecule has 1 N–H and O–H groups in total. The van der Waals surface area contributed by atoms with E-state index in [1.807, 2.05) is 42.5 Å². The van der Waals surface area contributed by atoms with E-state index < -0.39 is 22.5 Å². The molecule has 0 aromatic heterocycles. The van der Waals surface area contributed by atoms with E-state index in [1.165, 1.54) is 39.5 Å². The Hall–Kier alpha value is -4.24. The van der Waals surface area contributed by atoms with Crippen molar-refractivity contribution in [1.29, 1.82) is 0 Å². The van der Waals surface area contributed by atoms with Gasteiger partial charge in [0.15, 0.2) is 11.5 Å². The highest BCUT2D eigenvalue weighted by Crippen LogP contribution is 2.32. The fourth-order valence-electron chi connectivity index (χ4n) is 3.99. The minimum absolute atomic E-state index is 0.0391. The molecule has 4 rings (SSSR count). The monoisotopic (exact) mass is 520 g/mol. The average Bonchev–Trinajstić information content (AvgIpc) is 2.94. The van der Waals surface area contributed by atoms with Crippen molar-refractivity contribution >= 4 is 32.4 Å². The minimum Gasteiger partial charge on any atom is -0.497 e. The Bertz CT molecular complexity index is 1500. The zero-order valence-electron chi connectivity index (χ0n) is 20.8. The number of benzene rings is 4. The maximum Gasteiger partial charge on any atom is 0.264 e. The molecule has 4 aromatic rings. The fourth-order valence-corrected chi connectivity index (χ4v) is 5.43.